The van der Waals surface area contributed by atoms with Gasteiger partial charge in [0.05, 0.1) is 0 Å². The number of aryl methyl sites for hydroxylation is 2. The molecule has 0 N–H and O–H groups in total. The Labute approximate surface area is 84.4 Å². The molecule has 0 amide bonds. The molecule has 0 atom stereocenters. The van der Waals surface area contributed by atoms with Gasteiger partial charge >= 0.3 is 0 Å². The maximum atomic E-state index is 2.20. The molecule has 0 bridgehead atoms. The van der Waals surface area contributed by atoms with Gasteiger partial charge in [0.25, 0.3) is 0 Å². The lowest BCUT2D eigenvalue weighted by Gasteiger charge is -1.97. The smallest absolute Gasteiger partial charge is 0.178 e. The number of benzene rings is 1. The minimum atomic E-state index is 0. The van der Waals surface area contributed by atoms with Crippen LogP contribution in [0.2, 0.25) is 0 Å². The van der Waals surface area contributed by atoms with Crippen molar-refractivity contribution in [2.75, 3.05) is 0 Å². The van der Waals surface area contributed by atoms with E-state index >= 15 is 0 Å². The summed E-state index contributed by atoms with van der Waals surface area (Å²) in [6, 6.07) is 10.6. The van der Waals surface area contributed by atoms with E-state index in [-0.39, 0.29) is 12.4 Å². The van der Waals surface area contributed by atoms with Crippen LogP contribution in [0.1, 0.15) is 5.69 Å². The van der Waals surface area contributed by atoms with Crippen LogP contribution in [0.4, 0.5) is 0 Å². The first kappa shape index (κ1) is 10.0. The molecule has 0 unspecified atom stereocenters. The average molecular weight is 194 g/mol. The van der Waals surface area contributed by atoms with Crippen LogP contribution in [0.25, 0.3) is 10.8 Å². The molecule has 0 saturated heterocycles. The molecule has 0 aliphatic rings. The van der Waals surface area contributed by atoms with Gasteiger partial charge in [-0.2, -0.15) is 0 Å². The van der Waals surface area contributed by atoms with E-state index in [0.29, 0.717) is 0 Å². The SMILES string of the molecule is Cc1cc2ccccc2c[n+]1C.[Cl-]. The quantitative estimate of drug-likeness (QED) is 0.472. The molecule has 2 heteroatoms. The summed E-state index contributed by atoms with van der Waals surface area (Å²) in [5, 5.41) is 2.61. The van der Waals surface area contributed by atoms with Crippen molar-refractivity contribution in [3.05, 3.63) is 42.2 Å². The highest BCUT2D eigenvalue weighted by Gasteiger charge is 2.01. The number of rotatable bonds is 0. The summed E-state index contributed by atoms with van der Waals surface area (Å²) in [7, 11) is 2.07. The lowest BCUT2D eigenvalue weighted by Crippen LogP contribution is -3.00. The summed E-state index contributed by atoms with van der Waals surface area (Å²) in [4.78, 5) is 0. The molecule has 1 aromatic heterocycles. The molecule has 68 valence electrons. The van der Waals surface area contributed by atoms with Crippen molar-refractivity contribution in [2.24, 2.45) is 7.05 Å². The van der Waals surface area contributed by atoms with Crippen LogP contribution in [0, 0.1) is 6.92 Å². The molecule has 1 nitrogen and oxygen atoms in total. The molecule has 0 radical (unpaired) electrons. The summed E-state index contributed by atoms with van der Waals surface area (Å²) >= 11 is 0. The molecule has 13 heavy (non-hydrogen) atoms. The summed E-state index contributed by atoms with van der Waals surface area (Å²) in [5.41, 5.74) is 1.29. The number of nitrogens with zero attached hydrogens (tertiary/aromatic N) is 1. The highest BCUT2D eigenvalue weighted by molar-refractivity contribution is 5.80. The zero-order valence-corrected chi connectivity index (χ0v) is 8.55. The van der Waals surface area contributed by atoms with Crippen molar-refractivity contribution >= 4 is 10.8 Å². The Kier molecular flexibility index (Phi) is 2.89. The van der Waals surface area contributed by atoms with E-state index in [1.54, 1.807) is 0 Å². The van der Waals surface area contributed by atoms with E-state index in [0.717, 1.165) is 0 Å². The van der Waals surface area contributed by atoms with Gasteiger partial charge < -0.3 is 12.4 Å². The standard InChI is InChI=1S/C11H12N.ClH/c1-9-7-10-5-3-4-6-11(10)8-12(9)2;/h3-8H,1-2H3;1H/q+1;/p-1. The third-order valence-electron chi connectivity index (χ3n) is 2.25. The molecule has 0 fully saturated rings. The van der Waals surface area contributed by atoms with Crippen LogP contribution in [0.15, 0.2) is 36.5 Å². The molecule has 0 spiro atoms. The van der Waals surface area contributed by atoms with E-state index in [4.69, 9.17) is 0 Å². The van der Waals surface area contributed by atoms with Gasteiger partial charge in [0.15, 0.2) is 11.9 Å². The Morgan fingerprint density at radius 1 is 1.08 bits per heavy atom. The highest BCUT2D eigenvalue weighted by atomic mass is 35.5. The molecule has 0 saturated carbocycles. The molecule has 1 aromatic carbocycles. The fraction of sp³-hybridized carbons (Fsp3) is 0.182. The van der Waals surface area contributed by atoms with Crippen molar-refractivity contribution < 1.29 is 17.0 Å². The summed E-state index contributed by atoms with van der Waals surface area (Å²) < 4.78 is 2.14. The number of hydrogen-bond acceptors (Lipinski definition) is 0. The van der Waals surface area contributed by atoms with Crippen LogP contribution in [-0.4, -0.2) is 0 Å². The van der Waals surface area contributed by atoms with Crippen LogP contribution in [-0.2, 0) is 7.05 Å². The fourth-order valence-corrected chi connectivity index (χ4v) is 1.40. The maximum absolute atomic E-state index is 2.20. The van der Waals surface area contributed by atoms with Crippen LogP contribution in [0.5, 0.6) is 0 Å². The van der Waals surface area contributed by atoms with Gasteiger partial charge in [-0.25, -0.2) is 4.57 Å². The maximum Gasteiger partial charge on any atom is 0.178 e. The topological polar surface area (TPSA) is 3.88 Å². The predicted molar refractivity (Wildman–Crippen MR) is 49.9 cm³/mol. The number of aromatic nitrogens is 1. The van der Waals surface area contributed by atoms with E-state index in [9.17, 15) is 0 Å². The third kappa shape index (κ3) is 1.81. The van der Waals surface area contributed by atoms with Crippen LogP contribution >= 0.6 is 0 Å². The van der Waals surface area contributed by atoms with E-state index in [1.165, 1.54) is 16.5 Å². The van der Waals surface area contributed by atoms with Gasteiger partial charge in [-0.15, -0.1) is 0 Å². The Morgan fingerprint density at radius 3 is 2.38 bits per heavy atom. The van der Waals surface area contributed by atoms with E-state index in [2.05, 4.69) is 55.1 Å². The lowest BCUT2D eigenvalue weighted by molar-refractivity contribution is -0.676. The number of fused-ring (bicyclic) bond motifs is 1. The first-order valence-electron chi connectivity index (χ1n) is 4.12. The summed E-state index contributed by atoms with van der Waals surface area (Å²) in [5.74, 6) is 0. The van der Waals surface area contributed by atoms with Gasteiger partial charge in [0, 0.05) is 18.4 Å². The molecular formula is C11H12ClN. The number of halogens is 1. The van der Waals surface area contributed by atoms with Crippen molar-refractivity contribution in [1.82, 2.24) is 0 Å². The molecule has 2 rings (SSSR count). The third-order valence-corrected chi connectivity index (χ3v) is 2.25. The summed E-state index contributed by atoms with van der Waals surface area (Å²) in [6.45, 7) is 2.12. The molecule has 0 aliphatic heterocycles. The van der Waals surface area contributed by atoms with E-state index in [1.807, 2.05) is 0 Å². The second-order valence-corrected chi connectivity index (χ2v) is 3.15. The normalized spacial score (nSPS) is 9.69. The van der Waals surface area contributed by atoms with Gasteiger partial charge in [-0.3, -0.25) is 0 Å². The Bertz CT molecular complexity index is 383. The van der Waals surface area contributed by atoms with Crippen LogP contribution in [0.3, 0.4) is 0 Å². The number of hydrogen-bond donors (Lipinski definition) is 0. The van der Waals surface area contributed by atoms with Gasteiger partial charge in [-0.1, -0.05) is 18.2 Å². The van der Waals surface area contributed by atoms with Crippen molar-refractivity contribution in [2.45, 2.75) is 6.92 Å². The largest absolute Gasteiger partial charge is 1.00 e. The molecule has 1 heterocycles. The second-order valence-electron chi connectivity index (χ2n) is 3.15. The molecule has 2 aromatic rings. The molecule has 0 aliphatic carbocycles. The Hall–Kier alpha value is -1.08. The fourth-order valence-electron chi connectivity index (χ4n) is 1.40. The lowest BCUT2D eigenvalue weighted by atomic mass is 10.1. The van der Waals surface area contributed by atoms with Crippen LogP contribution < -0.4 is 17.0 Å². The monoisotopic (exact) mass is 193 g/mol. The average Bonchev–Trinajstić information content (AvgIpc) is 2.07. The van der Waals surface area contributed by atoms with Gasteiger partial charge in [-0.05, 0) is 11.5 Å². The zero-order chi connectivity index (χ0) is 8.55. The minimum Gasteiger partial charge on any atom is -1.00 e. The van der Waals surface area contributed by atoms with Gasteiger partial charge in [0.2, 0.25) is 0 Å². The van der Waals surface area contributed by atoms with Crippen molar-refractivity contribution in [1.29, 1.82) is 0 Å². The number of pyridine rings is 1. The van der Waals surface area contributed by atoms with E-state index < -0.39 is 0 Å². The predicted octanol–water partition coefficient (Wildman–Crippen LogP) is -1.02. The first-order chi connectivity index (χ1) is 5.77. The van der Waals surface area contributed by atoms with Crippen molar-refractivity contribution in [3.63, 3.8) is 0 Å². The zero-order valence-electron chi connectivity index (χ0n) is 7.79. The minimum absolute atomic E-state index is 0. The Morgan fingerprint density at radius 2 is 1.69 bits per heavy atom. The second kappa shape index (κ2) is 3.75. The highest BCUT2D eigenvalue weighted by Crippen LogP contribution is 2.11. The van der Waals surface area contributed by atoms with Gasteiger partial charge in [0.1, 0.15) is 7.05 Å². The first-order valence-corrected chi connectivity index (χ1v) is 4.12. The van der Waals surface area contributed by atoms with Crippen molar-refractivity contribution in [3.8, 4) is 0 Å². The Balaban J connectivity index is 0.000000845. The molecular weight excluding hydrogens is 182 g/mol. The summed E-state index contributed by atoms with van der Waals surface area (Å²) in [6.07, 6.45) is 2.16.